The molecule has 1 amide bonds. The van der Waals surface area contributed by atoms with Crippen molar-refractivity contribution in [3.63, 3.8) is 0 Å². The number of carbonyl (C=O) groups excluding carboxylic acids is 1. The number of aromatic nitrogens is 2. The van der Waals surface area contributed by atoms with Crippen LogP contribution < -0.4 is 4.90 Å². The van der Waals surface area contributed by atoms with Crippen LogP contribution in [0.5, 0.6) is 0 Å². The maximum absolute atomic E-state index is 11.9. The molecule has 0 radical (unpaired) electrons. The predicted octanol–water partition coefficient (Wildman–Crippen LogP) is 1.35. The molecule has 10 heteroatoms. The second kappa shape index (κ2) is 6.21. The number of ether oxygens (including phenoxy) is 1. The summed E-state index contributed by atoms with van der Waals surface area (Å²) in [4.78, 5) is 17.4. The SMILES string of the molecule is COS(=O)(=O)CC1CN(c2ccc(-c3noc(C)n3)cc2)C(=O)O1. The van der Waals surface area contributed by atoms with Crippen molar-refractivity contribution in [2.45, 2.75) is 13.0 Å². The molecule has 1 atom stereocenters. The summed E-state index contributed by atoms with van der Waals surface area (Å²) in [6.45, 7) is 1.82. The van der Waals surface area contributed by atoms with Crippen LogP contribution in [0.25, 0.3) is 11.4 Å². The highest BCUT2D eigenvalue weighted by atomic mass is 32.2. The number of anilines is 1. The summed E-state index contributed by atoms with van der Waals surface area (Å²) >= 11 is 0. The molecule has 2 aromatic rings. The van der Waals surface area contributed by atoms with E-state index in [2.05, 4.69) is 14.3 Å². The van der Waals surface area contributed by atoms with E-state index in [0.717, 1.165) is 12.7 Å². The van der Waals surface area contributed by atoms with Gasteiger partial charge in [-0.1, -0.05) is 5.16 Å². The second-order valence-electron chi connectivity index (χ2n) is 5.19. The molecule has 2 heterocycles. The van der Waals surface area contributed by atoms with Crippen LogP contribution in [0.15, 0.2) is 28.8 Å². The molecule has 0 spiro atoms. The highest BCUT2D eigenvalue weighted by Gasteiger charge is 2.35. The van der Waals surface area contributed by atoms with Gasteiger partial charge in [-0.25, -0.2) is 4.79 Å². The van der Waals surface area contributed by atoms with Gasteiger partial charge in [-0.15, -0.1) is 0 Å². The third-order valence-electron chi connectivity index (χ3n) is 3.48. The molecule has 128 valence electrons. The Morgan fingerprint density at radius 1 is 1.33 bits per heavy atom. The molecule has 1 aliphatic rings. The minimum atomic E-state index is -3.70. The van der Waals surface area contributed by atoms with Gasteiger partial charge < -0.3 is 9.26 Å². The maximum atomic E-state index is 11.9. The number of cyclic esters (lactones) is 1. The van der Waals surface area contributed by atoms with E-state index >= 15 is 0 Å². The summed E-state index contributed by atoms with van der Waals surface area (Å²) < 4.78 is 37.3. The summed E-state index contributed by atoms with van der Waals surface area (Å²) in [6, 6.07) is 6.89. The first-order valence-corrected chi connectivity index (χ1v) is 8.63. The monoisotopic (exact) mass is 353 g/mol. The first-order valence-electron chi connectivity index (χ1n) is 7.05. The second-order valence-corrected chi connectivity index (χ2v) is 6.97. The Morgan fingerprint density at radius 2 is 2.04 bits per heavy atom. The van der Waals surface area contributed by atoms with Gasteiger partial charge in [-0.2, -0.15) is 13.4 Å². The van der Waals surface area contributed by atoms with Gasteiger partial charge in [-0.3, -0.25) is 9.08 Å². The standard InChI is InChI=1S/C14H15N3O6S/c1-9-15-13(16-23-9)10-3-5-11(6-4-10)17-7-12(22-14(17)18)8-24(19,20)21-2/h3-6,12H,7-8H2,1-2H3. The third-order valence-corrected chi connectivity index (χ3v) is 4.77. The summed E-state index contributed by atoms with van der Waals surface area (Å²) in [5, 5.41) is 3.82. The van der Waals surface area contributed by atoms with Gasteiger partial charge in [0, 0.05) is 18.2 Å². The zero-order valence-electron chi connectivity index (χ0n) is 13.0. The van der Waals surface area contributed by atoms with Crippen LogP contribution >= 0.6 is 0 Å². The van der Waals surface area contributed by atoms with Crippen LogP contribution in [0, 0.1) is 6.92 Å². The Labute approximate surface area is 138 Å². The number of rotatable bonds is 5. The van der Waals surface area contributed by atoms with Crippen molar-refractivity contribution in [2.24, 2.45) is 0 Å². The van der Waals surface area contributed by atoms with Crippen molar-refractivity contribution in [3.8, 4) is 11.4 Å². The molecule has 1 fully saturated rings. The van der Waals surface area contributed by atoms with Crippen molar-refractivity contribution < 1.29 is 26.7 Å². The average molecular weight is 353 g/mol. The minimum Gasteiger partial charge on any atom is -0.443 e. The molecule has 24 heavy (non-hydrogen) atoms. The van der Waals surface area contributed by atoms with Gasteiger partial charge in [-0.05, 0) is 24.3 Å². The van der Waals surface area contributed by atoms with Crippen LogP contribution in [0.4, 0.5) is 10.5 Å². The smallest absolute Gasteiger partial charge is 0.414 e. The number of nitrogens with zero attached hydrogens (tertiary/aromatic N) is 3. The van der Waals surface area contributed by atoms with Crippen molar-refractivity contribution in [1.82, 2.24) is 10.1 Å². The van der Waals surface area contributed by atoms with Crippen LogP contribution in [0.3, 0.4) is 0 Å². The first kappa shape index (κ1) is 16.4. The van der Waals surface area contributed by atoms with Gasteiger partial charge in [0.2, 0.25) is 11.7 Å². The largest absolute Gasteiger partial charge is 0.443 e. The highest BCUT2D eigenvalue weighted by molar-refractivity contribution is 7.86. The van der Waals surface area contributed by atoms with E-state index in [1.165, 1.54) is 4.90 Å². The molecule has 1 aromatic carbocycles. The van der Waals surface area contributed by atoms with Crippen molar-refractivity contribution >= 4 is 21.9 Å². The van der Waals surface area contributed by atoms with E-state index < -0.39 is 22.3 Å². The van der Waals surface area contributed by atoms with E-state index in [1.54, 1.807) is 31.2 Å². The zero-order chi connectivity index (χ0) is 17.3. The third kappa shape index (κ3) is 3.39. The van der Waals surface area contributed by atoms with Gasteiger partial charge in [0.15, 0.2) is 0 Å². The summed E-state index contributed by atoms with van der Waals surface area (Å²) in [7, 11) is -2.63. The molecular weight excluding hydrogens is 338 g/mol. The van der Waals surface area contributed by atoms with E-state index in [-0.39, 0.29) is 12.3 Å². The lowest BCUT2D eigenvalue weighted by molar-refractivity contribution is 0.150. The van der Waals surface area contributed by atoms with Crippen molar-refractivity contribution in [3.05, 3.63) is 30.2 Å². The molecule has 3 rings (SSSR count). The predicted molar refractivity (Wildman–Crippen MR) is 82.9 cm³/mol. The fourth-order valence-electron chi connectivity index (χ4n) is 2.32. The van der Waals surface area contributed by atoms with E-state index in [1.807, 2.05) is 0 Å². The molecular formula is C14H15N3O6S. The zero-order valence-corrected chi connectivity index (χ0v) is 13.8. The molecule has 0 N–H and O–H groups in total. The number of carbonyl (C=O) groups is 1. The molecule has 1 saturated heterocycles. The number of hydrogen-bond acceptors (Lipinski definition) is 8. The molecule has 1 aliphatic heterocycles. The van der Waals surface area contributed by atoms with Gasteiger partial charge in [0.1, 0.15) is 11.9 Å². The summed E-state index contributed by atoms with van der Waals surface area (Å²) in [5.74, 6) is 0.526. The minimum absolute atomic E-state index is 0.127. The Morgan fingerprint density at radius 3 is 2.62 bits per heavy atom. The Bertz CT molecular complexity index is 846. The number of hydrogen-bond donors (Lipinski definition) is 0. The lowest BCUT2D eigenvalue weighted by atomic mass is 10.2. The number of aryl methyl sites for hydroxylation is 1. The van der Waals surface area contributed by atoms with E-state index in [4.69, 9.17) is 9.26 Å². The molecule has 0 aliphatic carbocycles. The lowest BCUT2D eigenvalue weighted by Gasteiger charge is -2.13. The molecule has 9 nitrogen and oxygen atoms in total. The fourth-order valence-corrected chi connectivity index (χ4v) is 3.09. The quantitative estimate of drug-likeness (QED) is 0.740. The fraction of sp³-hybridized carbons (Fsp3) is 0.357. The molecule has 0 saturated carbocycles. The Hall–Kier alpha value is -2.46. The van der Waals surface area contributed by atoms with E-state index in [9.17, 15) is 13.2 Å². The lowest BCUT2D eigenvalue weighted by Crippen LogP contribution is -2.27. The normalized spacial score (nSPS) is 18.0. The maximum Gasteiger partial charge on any atom is 0.414 e. The van der Waals surface area contributed by atoms with Gasteiger partial charge >= 0.3 is 6.09 Å². The molecule has 0 bridgehead atoms. The average Bonchev–Trinajstić information content (AvgIpc) is 3.13. The highest BCUT2D eigenvalue weighted by Crippen LogP contribution is 2.25. The van der Waals surface area contributed by atoms with Crippen LogP contribution in [0.2, 0.25) is 0 Å². The van der Waals surface area contributed by atoms with Gasteiger partial charge in [0.25, 0.3) is 10.1 Å². The summed E-state index contributed by atoms with van der Waals surface area (Å²) in [6.07, 6.45) is -1.38. The van der Waals surface area contributed by atoms with Crippen LogP contribution in [-0.4, -0.2) is 50.2 Å². The van der Waals surface area contributed by atoms with Crippen LogP contribution in [-0.2, 0) is 19.0 Å². The first-order chi connectivity index (χ1) is 11.4. The number of amides is 1. The molecule has 1 unspecified atom stereocenters. The van der Waals surface area contributed by atoms with Crippen molar-refractivity contribution in [1.29, 1.82) is 0 Å². The number of benzene rings is 1. The molecule has 1 aromatic heterocycles. The Kier molecular flexibility index (Phi) is 4.24. The topological polar surface area (TPSA) is 112 Å². The Balaban J connectivity index is 1.74. The van der Waals surface area contributed by atoms with E-state index in [0.29, 0.717) is 17.4 Å². The summed E-state index contributed by atoms with van der Waals surface area (Å²) in [5.41, 5.74) is 1.32. The van der Waals surface area contributed by atoms with Crippen LogP contribution in [0.1, 0.15) is 5.89 Å². The van der Waals surface area contributed by atoms with Gasteiger partial charge in [0.05, 0.1) is 13.7 Å². The van der Waals surface area contributed by atoms with Crippen molar-refractivity contribution in [2.75, 3.05) is 24.3 Å².